The zero-order valence-corrected chi connectivity index (χ0v) is 38.6. The Hall–Kier alpha value is -5.60. The van der Waals surface area contributed by atoms with Gasteiger partial charge in [0.25, 0.3) is 0 Å². The second-order valence-electron chi connectivity index (χ2n) is 17.6. The van der Waals surface area contributed by atoms with Crippen LogP contribution in [0.5, 0.6) is 11.5 Å². The molecule has 2 N–H and O–H groups in total. The van der Waals surface area contributed by atoms with Crippen molar-refractivity contribution >= 4 is 46.7 Å². The maximum Gasteiger partial charge on any atom is 0.226 e. The highest BCUT2D eigenvalue weighted by molar-refractivity contribution is 6.31. The number of benzene rings is 4. The van der Waals surface area contributed by atoms with Crippen LogP contribution in [0, 0.1) is 17.7 Å². The molecule has 65 heavy (non-hydrogen) atoms. The van der Waals surface area contributed by atoms with E-state index in [9.17, 15) is 24.3 Å². The minimum Gasteiger partial charge on any atom is -0.457 e. The molecule has 0 saturated carbocycles. The van der Waals surface area contributed by atoms with Crippen molar-refractivity contribution in [2.24, 2.45) is 18.9 Å². The minimum absolute atomic E-state index is 0.154. The molecular weight excluding hydrogens is 870 g/mol. The van der Waals surface area contributed by atoms with E-state index in [-0.39, 0.29) is 49.8 Å². The molecule has 5 aromatic rings. The van der Waals surface area contributed by atoms with Gasteiger partial charge in [-0.15, -0.1) is 0 Å². The second kappa shape index (κ2) is 20.7. The van der Waals surface area contributed by atoms with E-state index < -0.39 is 53.4 Å². The first-order valence-corrected chi connectivity index (χ1v) is 22.6. The Morgan fingerprint density at radius 3 is 2.37 bits per heavy atom. The molecule has 2 aliphatic heterocycles. The van der Waals surface area contributed by atoms with E-state index in [0.717, 1.165) is 17.0 Å². The molecule has 3 amide bonds. The van der Waals surface area contributed by atoms with Crippen LogP contribution in [0.15, 0.2) is 97.2 Å². The molecule has 4 aromatic carbocycles. The molecule has 0 spiro atoms. The van der Waals surface area contributed by atoms with E-state index in [0.29, 0.717) is 59.2 Å². The minimum atomic E-state index is -1.12. The van der Waals surface area contributed by atoms with Crippen molar-refractivity contribution in [1.82, 2.24) is 29.6 Å². The number of hydrogen-bond acceptors (Lipinski definition) is 8. The summed E-state index contributed by atoms with van der Waals surface area (Å²) in [7, 11) is 5.69. The van der Waals surface area contributed by atoms with Crippen LogP contribution < -0.4 is 10.1 Å². The van der Waals surface area contributed by atoms with Crippen molar-refractivity contribution in [2.45, 2.75) is 70.1 Å². The summed E-state index contributed by atoms with van der Waals surface area (Å²) >= 11 is 12.7. The Balaban J connectivity index is 1.22. The fourth-order valence-corrected chi connectivity index (χ4v) is 9.21. The molecule has 12 nitrogen and oxygen atoms in total. The molecule has 15 heteroatoms. The van der Waals surface area contributed by atoms with Crippen LogP contribution >= 0.6 is 23.2 Å². The van der Waals surface area contributed by atoms with Crippen LogP contribution in [0.2, 0.25) is 10.0 Å². The molecule has 0 radical (unpaired) electrons. The number of imidazole rings is 1. The van der Waals surface area contributed by atoms with Gasteiger partial charge in [-0.25, -0.2) is 9.37 Å². The van der Waals surface area contributed by atoms with E-state index in [1.54, 1.807) is 60.5 Å². The lowest BCUT2D eigenvalue weighted by Crippen LogP contribution is -2.63. The SMILES string of the molecule is C[C@H]1C(=O)C[C@@H](CO)C(=O)N[C@@]2(Cc3ccc(Cl)cc3)CCCN(C2)C(=O)[C@H](Cc2ccccc2)CC(=O)N1Cc1ccc(Cl)cc1Oc1ccc(-c2cnc(CN(C)C)n2C)c(F)c1. The molecule has 342 valence electrons. The van der Waals surface area contributed by atoms with Gasteiger partial charge >= 0.3 is 0 Å². The number of nitrogens with zero attached hydrogens (tertiary/aromatic N) is 5. The van der Waals surface area contributed by atoms with Crippen LogP contribution in [-0.2, 0) is 52.2 Å². The van der Waals surface area contributed by atoms with Gasteiger partial charge in [-0.3, -0.25) is 19.2 Å². The summed E-state index contributed by atoms with van der Waals surface area (Å²) in [6, 6.07) is 25.0. The third-order valence-electron chi connectivity index (χ3n) is 12.5. The third-order valence-corrected chi connectivity index (χ3v) is 13.0. The number of ether oxygens (including phenoxy) is 1. The van der Waals surface area contributed by atoms with Crippen LogP contribution in [-0.4, -0.2) is 98.2 Å². The van der Waals surface area contributed by atoms with Gasteiger partial charge in [0.15, 0.2) is 5.78 Å². The van der Waals surface area contributed by atoms with E-state index in [1.807, 2.05) is 73.1 Å². The number of fused-ring (bicyclic) bond motifs is 2. The third kappa shape index (κ3) is 11.4. The number of amides is 3. The summed E-state index contributed by atoms with van der Waals surface area (Å²) < 4.78 is 24.0. The predicted molar refractivity (Wildman–Crippen MR) is 248 cm³/mol. The van der Waals surface area contributed by atoms with Gasteiger partial charge in [-0.1, -0.05) is 71.7 Å². The number of piperidine rings is 1. The van der Waals surface area contributed by atoms with Gasteiger partial charge in [-0.2, -0.15) is 0 Å². The van der Waals surface area contributed by atoms with Crippen LogP contribution in [0.3, 0.4) is 0 Å². The topological polar surface area (TPSA) is 137 Å². The molecule has 2 aliphatic rings. The highest BCUT2D eigenvalue weighted by Gasteiger charge is 2.43. The highest BCUT2D eigenvalue weighted by Crippen LogP contribution is 2.35. The van der Waals surface area contributed by atoms with Crippen molar-refractivity contribution in [3.8, 4) is 22.8 Å². The van der Waals surface area contributed by atoms with E-state index >= 15 is 4.39 Å². The maximum absolute atomic E-state index is 15.9. The van der Waals surface area contributed by atoms with E-state index in [2.05, 4.69) is 10.3 Å². The quantitative estimate of drug-likeness (QED) is 0.130. The Bertz CT molecular complexity index is 2520. The van der Waals surface area contributed by atoms with Crippen LogP contribution in [0.1, 0.15) is 55.1 Å². The Labute approximate surface area is 389 Å². The molecule has 2 bridgehead atoms. The summed E-state index contributed by atoms with van der Waals surface area (Å²) in [5.41, 5.74) is 2.23. The Morgan fingerprint density at radius 1 is 0.923 bits per heavy atom. The molecule has 2 fully saturated rings. The molecular formula is C50H55Cl2FN6O6. The number of nitrogens with one attached hydrogen (secondary N) is 1. The summed E-state index contributed by atoms with van der Waals surface area (Å²) in [5, 5.41) is 14.7. The average Bonchev–Trinajstić information content (AvgIpc) is 3.63. The van der Waals surface area contributed by atoms with Gasteiger partial charge in [0.2, 0.25) is 17.7 Å². The van der Waals surface area contributed by atoms with Crippen molar-refractivity contribution in [3.63, 3.8) is 0 Å². The molecule has 1 aromatic heterocycles. The van der Waals surface area contributed by atoms with Gasteiger partial charge in [0.05, 0.1) is 55.0 Å². The average molecular weight is 926 g/mol. The molecule has 2 saturated heterocycles. The number of ketones is 1. The Morgan fingerprint density at radius 2 is 1.66 bits per heavy atom. The first kappa shape index (κ1) is 47.4. The zero-order valence-electron chi connectivity index (χ0n) is 37.1. The van der Waals surface area contributed by atoms with E-state index in [1.165, 1.54) is 11.0 Å². The molecule has 3 heterocycles. The van der Waals surface area contributed by atoms with Gasteiger partial charge in [0, 0.05) is 60.2 Å². The largest absolute Gasteiger partial charge is 0.457 e. The number of rotatable bonds is 12. The van der Waals surface area contributed by atoms with Crippen molar-refractivity contribution in [2.75, 3.05) is 33.8 Å². The first-order chi connectivity index (χ1) is 31.1. The maximum atomic E-state index is 15.9. The number of aliphatic hydroxyl groups excluding tert-OH is 1. The van der Waals surface area contributed by atoms with Crippen LogP contribution in [0.4, 0.5) is 4.39 Å². The number of carbonyl (C=O) groups excluding carboxylic acids is 4. The Kier molecular flexibility index (Phi) is 15.1. The number of halogens is 3. The standard InChI is InChI=1S/C50H55Cl2FN6O6/c1-32-44(61)22-37(30-60)48(63)55-50(26-34-11-14-38(51)15-12-34)19-8-20-58(31-50)49(64)36(21-33-9-6-5-7-10-33)23-47(62)59(32)28-35-13-16-39(52)24-45(35)65-40-17-18-41(42(53)25-40)43-27-54-46(57(43)4)29-56(2)3/h5-7,9-18,24-25,27,32,36-37,60H,8,19-23,26,28-31H2,1-4H3,(H,55,63)/t32-,36+,37-,50+/m0/s1. The van der Waals surface area contributed by atoms with E-state index in [4.69, 9.17) is 27.9 Å². The summed E-state index contributed by atoms with van der Waals surface area (Å²) in [4.78, 5) is 67.8. The lowest BCUT2D eigenvalue weighted by atomic mass is 9.81. The molecule has 0 aliphatic carbocycles. The lowest BCUT2D eigenvalue weighted by molar-refractivity contribution is -0.147. The second-order valence-corrected chi connectivity index (χ2v) is 18.5. The summed E-state index contributed by atoms with van der Waals surface area (Å²) in [6.45, 7) is 1.98. The van der Waals surface area contributed by atoms with Gasteiger partial charge < -0.3 is 34.4 Å². The van der Waals surface area contributed by atoms with Crippen molar-refractivity contribution in [1.29, 1.82) is 0 Å². The smallest absolute Gasteiger partial charge is 0.226 e. The molecule has 4 atom stereocenters. The predicted octanol–water partition coefficient (Wildman–Crippen LogP) is 7.65. The number of carbonyl (C=O) groups is 4. The van der Waals surface area contributed by atoms with Gasteiger partial charge in [-0.05, 0) is 94.2 Å². The number of aromatic nitrogens is 2. The number of aliphatic hydroxyl groups is 1. The summed E-state index contributed by atoms with van der Waals surface area (Å²) in [5.74, 6) is -2.99. The normalized spacial score (nSPS) is 21.1. The zero-order chi connectivity index (χ0) is 46.4. The monoisotopic (exact) mass is 924 g/mol. The van der Waals surface area contributed by atoms with Crippen LogP contribution in [0.25, 0.3) is 11.3 Å². The molecule has 7 rings (SSSR count). The highest BCUT2D eigenvalue weighted by atomic mass is 35.5. The number of Topliss-reactive ketones (excluding diaryl/α,β-unsaturated/α-hetero) is 1. The first-order valence-electron chi connectivity index (χ1n) is 21.9. The fourth-order valence-electron chi connectivity index (χ4n) is 8.93. The molecule has 0 unspecified atom stereocenters. The van der Waals surface area contributed by atoms with Crippen molar-refractivity contribution < 1.29 is 33.4 Å². The van der Waals surface area contributed by atoms with Crippen molar-refractivity contribution in [3.05, 3.63) is 136 Å². The number of hydrogen-bond donors (Lipinski definition) is 2. The van der Waals surface area contributed by atoms with Gasteiger partial charge in [0.1, 0.15) is 23.1 Å². The lowest BCUT2D eigenvalue weighted by Gasteiger charge is -2.45. The summed E-state index contributed by atoms with van der Waals surface area (Å²) in [6.07, 6.45) is 2.82. The fraction of sp³-hybridized carbons (Fsp3) is 0.380.